The first-order valence-electron chi connectivity index (χ1n) is 7.02. The minimum Gasteiger partial charge on any atom is -0.295 e. The molecule has 0 bridgehead atoms. The number of hydrogen-bond donors (Lipinski definition) is 0. The lowest BCUT2D eigenvalue weighted by Crippen LogP contribution is -2.03. The van der Waals surface area contributed by atoms with Gasteiger partial charge in [-0.25, -0.2) is 0 Å². The van der Waals surface area contributed by atoms with Crippen molar-refractivity contribution >= 4 is 5.78 Å². The van der Waals surface area contributed by atoms with Crippen LogP contribution >= 0.6 is 0 Å². The fraction of sp³-hybridized carbons (Fsp3) is 0.471. The van der Waals surface area contributed by atoms with Crippen LogP contribution in [0.25, 0.3) is 0 Å². The van der Waals surface area contributed by atoms with E-state index < -0.39 is 0 Å². The maximum atomic E-state index is 11.2. The highest BCUT2D eigenvalue weighted by molar-refractivity contribution is 5.93. The van der Waals surface area contributed by atoms with Gasteiger partial charge in [-0.1, -0.05) is 49.3 Å². The van der Waals surface area contributed by atoms with E-state index in [1.54, 1.807) is 6.92 Å². The first-order chi connectivity index (χ1) is 8.75. The van der Waals surface area contributed by atoms with Gasteiger partial charge < -0.3 is 0 Å². The molecule has 2 rings (SSSR count). The Morgan fingerprint density at radius 1 is 1.17 bits per heavy atom. The quantitative estimate of drug-likeness (QED) is 0.560. The van der Waals surface area contributed by atoms with Crippen LogP contribution in [0.2, 0.25) is 0 Å². The van der Waals surface area contributed by atoms with Crippen LogP contribution in [-0.4, -0.2) is 5.78 Å². The molecule has 1 heteroatoms. The zero-order valence-corrected chi connectivity index (χ0v) is 11.2. The number of hydrogen-bond acceptors (Lipinski definition) is 1. The molecule has 0 radical (unpaired) electrons. The van der Waals surface area contributed by atoms with Crippen LogP contribution in [0.3, 0.4) is 0 Å². The molecular formula is C17H22O. The van der Waals surface area contributed by atoms with E-state index in [9.17, 15) is 4.79 Å². The van der Waals surface area contributed by atoms with Gasteiger partial charge in [0.2, 0.25) is 0 Å². The number of ketones is 1. The van der Waals surface area contributed by atoms with E-state index in [4.69, 9.17) is 0 Å². The minimum absolute atomic E-state index is 0.146. The lowest BCUT2D eigenvalue weighted by Gasteiger charge is -2.15. The molecule has 1 nitrogen and oxygen atoms in total. The summed E-state index contributed by atoms with van der Waals surface area (Å²) in [5, 5.41) is 0. The van der Waals surface area contributed by atoms with Crippen molar-refractivity contribution in [3.8, 4) is 0 Å². The average molecular weight is 242 g/mol. The second-order valence-corrected chi connectivity index (χ2v) is 5.28. The number of carbonyl (C=O) groups excluding carboxylic acids is 1. The van der Waals surface area contributed by atoms with Crippen molar-refractivity contribution in [2.24, 2.45) is 5.92 Å². The van der Waals surface area contributed by atoms with Crippen LogP contribution in [0.5, 0.6) is 0 Å². The number of benzene rings is 1. The van der Waals surface area contributed by atoms with Crippen LogP contribution in [0.4, 0.5) is 0 Å². The summed E-state index contributed by atoms with van der Waals surface area (Å²) < 4.78 is 0. The minimum atomic E-state index is 0.146. The van der Waals surface area contributed by atoms with E-state index in [0.717, 1.165) is 12.0 Å². The first kappa shape index (κ1) is 13.1. The van der Waals surface area contributed by atoms with Crippen molar-refractivity contribution in [2.45, 2.75) is 45.4 Å². The summed E-state index contributed by atoms with van der Waals surface area (Å²) in [4.78, 5) is 11.2. The summed E-state index contributed by atoms with van der Waals surface area (Å²) >= 11 is 0. The number of Topliss-reactive ketones (excluding diaryl/α,β-unsaturated/α-hetero) is 1. The highest BCUT2D eigenvalue weighted by Crippen LogP contribution is 2.21. The Bertz CT molecular complexity index is 414. The van der Waals surface area contributed by atoms with Gasteiger partial charge in [0, 0.05) is 5.56 Å². The molecule has 0 heterocycles. The Kier molecular flexibility index (Phi) is 4.74. The maximum absolute atomic E-state index is 11.2. The summed E-state index contributed by atoms with van der Waals surface area (Å²) in [5.41, 5.74) is 2.15. The molecule has 0 aromatic heterocycles. The number of carbonyl (C=O) groups is 1. The van der Waals surface area contributed by atoms with Crippen LogP contribution in [0, 0.1) is 5.92 Å². The molecule has 1 unspecified atom stereocenters. The molecule has 1 aliphatic rings. The lowest BCUT2D eigenvalue weighted by molar-refractivity contribution is 0.101. The van der Waals surface area contributed by atoms with Crippen molar-refractivity contribution in [1.82, 2.24) is 0 Å². The standard InChI is InChI=1S/C17H22O/c1-14(18)17-11-9-16(10-12-17)13-15-7-5-3-2-4-6-8-15/h5,7,9-12,15H,2-4,6,8,13H2,1H3/b7-5-. The van der Waals surface area contributed by atoms with E-state index >= 15 is 0 Å². The van der Waals surface area contributed by atoms with Gasteiger partial charge in [0.05, 0.1) is 0 Å². The van der Waals surface area contributed by atoms with Crippen LogP contribution in [0.1, 0.15) is 54.9 Å². The summed E-state index contributed by atoms with van der Waals surface area (Å²) in [6, 6.07) is 8.10. The number of allylic oxidation sites excluding steroid dienone is 2. The molecule has 1 aromatic rings. The summed E-state index contributed by atoms with van der Waals surface area (Å²) in [7, 11) is 0. The molecule has 1 aromatic carbocycles. The Balaban J connectivity index is 1.99. The molecule has 1 aliphatic carbocycles. The van der Waals surface area contributed by atoms with Gasteiger partial charge in [0.15, 0.2) is 5.78 Å². The fourth-order valence-corrected chi connectivity index (χ4v) is 2.58. The van der Waals surface area contributed by atoms with Gasteiger partial charge >= 0.3 is 0 Å². The lowest BCUT2D eigenvalue weighted by atomic mass is 9.90. The number of rotatable bonds is 3. The predicted octanol–water partition coefficient (Wildman–Crippen LogP) is 4.57. The molecule has 0 aliphatic heterocycles. The molecule has 96 valence electrons. The first-order valence-corrected chi connectivity index (χ1v) is 7.02. The zero-order valence-electron chi connectivity index (χ0n) is 11.2. The van der Waals surface area contributed by atoms with Crippen LogP contribution < -0.4 is 0 Å². The van der Waals surface area contributed by atoms with Gasteiger partial charge in [-0.3, -0.25) is 4.79 Å². The molecular weight excluding hydrogens is 220 g/mol. The van der Waals surface area contributed by atoms with E-state index in [0.29, 0.717) is 5.92 Å². The van der Waals surface area contributed by atoms with Crippen LogP contribution in [0.15, 0.2) is 36.4 Å². The second-order valence-electron chi connectivity index (χ2n) is 5.28. The van der Waals surface area contributed by atoms with E-state index in [1.807, 2.05) is 12.1 Å². The molecule has 0 fully saturated rings. The van der Waals surface area contributed by atoms with Gasteiger partial charge in [-0.2, -0.15) is 0 Å². The summed E-state index contributed by atoms with van der Waals surface area (Å²) in [6.07, 6.45) is 12.4. The topological polar surface area (TPSA) is 17.1 Å². The molecule has 0 amide bonds. The summed E-state index contributed by atoms with van der Waals surface area (Å²) in [5.74, 6) is 0.820. The van der Waals surface area contributed by atoms with Crippen molar-refractivity contribution < 1.29 is 4.79 Å². The molecule has 0 spiro atoms. The highest BCUT2D eigenvalue weighted by atomic mass is 16.1. The third-order valence-electron chi connectivity index (χ3n) is 3.71. The monoisotopic (exact) mass is 242 g/mol. The van der Waals surface area contributed by atoms with Gasteiger partial charge in [0.1, 0.15) is 0 Å². The highest BCUT2D eigenvalue weighted by Gasteiger charge is 2.08. The van der Waals surface area contributed by atoms with Gasteiger partial charge in [-0.05, 0) is 44.1 Å². The van der Waals surface area contributed by atoms with E-state index in [2.05, 4.69) is 24.3 Å². The Morgan fingerprint density at radius 2 is 1.94 bits per heavy atom. The molecule has 18 heavy (non-hydrogen) atoms. The SMILES string of the molecule is CC(=O)c1ccc(CC2/C=C\CCCCC2)cc1. The Hall–Kier alpha value is -1.37. The average Bonchev–Trinajstić information content (AvgIpc) is 2.33. The van der Waals surface area contributed by atoms with Crippen molar-refractivity contribution in [2.75, 3.05) is 0 Å². The van der Waals surface area contributed by atoms with Gasteiger partial charge in [0.25, 0.3) is 0 Å². The Labute approximate surface area is 110 Å². The largest absolute Gasteiger partial charge is 0.295 e. The second kappa shape index (κ2) is 6.53. The zero-order chi connectivity index (χ0) is 12.8. The van der Waals surface area contributed by atoms with E-state index in [-0.39, 0.29) is 5.78 Å². The van der Waals surface area contributed by atoms with Crippen molar-refractivity contribution in [3.05, 3.63) is 47.5 Å². The molecule has 0 N–H and O–H groups in total. The van der Waals surface area contributed by atoms with Crippen molar-refractivity contribution in [3.63, 3.8) is 0 Å². The molecule has 0 saturated heterocycles. The fourth-order valence-electron chi connectivity index (χ4n) is 2.58. The molecule has 0 saturated carbocycles. The molecule has 1 atom stereocenters. The van der Waals surface area contributed by atoms with Crippen LogP contribution in [-0.2, 0) is 6.42 Å². The Morgan fingerprint density at radius 3 is 2.67 bits per heavy atom. The smallest absolute Gasteiger partial charge is 0.159 e. The van der Waals surface area contributed by atoms with Crippen molar-refractivity contribution in [1.29, 1.82) is 0 Å². The maximum Gasteiger partial charge on any atom is 0.159 e. The van der Waals surface area contributed by atoms with E-state index in [1.165, 1.54) is 37.7 Å². The summed E-state index contributed by atoms with van der Waals surface area (Å²) in [6.45, 7) is 1.62. The third kappa shape index (κ3) is 3.83. The van der Waals surface area contributed by atoms with Gasteiger partial charge in [-0.15, -0.1) is 0 Å². The predicted molar refractivity (Wildman–Crippen MR) is 75.9 cm³/mol. The normalized spacial score (nSPS) is 21.9. The third-order valence-corrected chi connectivity index (χ3v) is 3.71.